The van der Waals surface area contributed by atoms with Crippen molar-refractivity contribution in [3.63, 3.8) is 0 Å². The fourth-order valence-electron chi connectivity index (χ4n) is 4.24. The van der Waals surface area contributed by atoms with Gasteiger partial charge in [-0.3, -0.25) is 9.69 Å². The van der Waals surface area contributed by atoms with Crippen LogP contribution in [0.2, 0.25) is 0 Å². The van der Waals surface area contributed by atoms with Gasteiger partial charge in [0.25, 0.3) is 0 Å². The number of amides is 1. The molecule has 3 rings (SSSR count). The highest BCUT2D eigenvalue weighted by atomic mass is 32.2. The van der Waals surface area contributed by atoms with Gasteiger partial charge in [-0.2, -0.15) is 5.26 Å². The predicted molar refractivity (Wildman–Crippen MR) is 134 cm³/mol. The molecule has 1 saturated heterocycles. The van der Waals surface area contributed by atoms with Gasteiger partial charge in [-0.25, -0.2) is 9.83 Å². The molecule has 2 unspecified atom stereocenters. The number of nitrogens with zero attached hydrogens (tertiary/aromatic N) is 5. The summed E-state index contributed by atoms with van der Waals surface area (Å²) in [4.78, 5) is 25.2. The molecule has 34 heavy (non-hydrogen) atoms. The molecule has 1 aliphatic heterocycles. The minimum absolute atomic E-state index is 0.329. The summed E-state index contributed by atoms with van der Waals surface area (Å²) in [6.07, 6.45) is 0.957. The van der Waals surface area contributed by atoms with E-state index in [-0.39, 0.29) is 0 Å². The first-order chi connectivity index (χ1) is 16.4. The fraction of sp³-hybridized carbons (Fsp3) is 0.440. The molecule has 1 fully saturated rings. The molecule has 2 atom stereocenters. The average Bonchev–Trinajstić information content (AvgIpc) is 3.06. The second-order valence-electron chi connectivity index (χ2n) is 8.32. The smallest absolute Gasteiger partial charge is 0.235 e. The number of rotatable bonds is 8. The lowest BCUT2D eigenvalue weighted by atomic mass is 10.1. The third-order valence-corrected chi connectivity index (χ3v) is 7.06. The molecule has 1 amide bonds. The Balaban J connectivity index is 2.04. The van der Waals surface area contributed by atoms with E-state index < -0.39 is 17.3 Å². The van der Waals surface area contributed by atoms with Gasteiger partial charge in [0.1, 0.15) is 22.2 Å². The number of benzene rings is 1. The van der Waals surface area contributed by atoms with Crippen LogP contribution in [0.3, 0.4) is 0 Å². The second kappa shape index (κ2) is 11.8. The third-order valence-electron chi connectivity index (χ3n) is 5.80. The molecule has 3 N–H and O–H groups in total. The third kappa shape index (κ3) is 5.87. The molecule has 178 valence electrons. The minimum atomic E-state index is -0.706. The van der Waals surface area contributed by atoms with Gasteiger partial charge in [0.15, 0.2) is 0 Å². The summed E-state index contributed by atoms with van der Waals surface area (Å²) >= 11 is 1.16. The maximum atomic E-state index is 12.3. The zero-order chi connectivity index (χ0) is 24.7. The normalized spacial score (nSPS) is 16.2. The molecule has 1 aromatic heterocycles. The van der Waals surface area contributed by atoms with Gasteiger partial charge in [0, 0.05) is 26.2 Å². The largest absolute Gasteiger partial charge is 0.392 e. The van der Waals surface area contributed by atoms with E-state index in [9.17, 15) is 15.2 Å². The summed E-state index contributed by atoms with van der Waals surface area (Å²) in [6.45, 7) is 15.1. The summed E-state index contributed by atoms with van der Waals surface area (Å²) < 4.78 is 0. The Labute approximate surface area is 205 Å². The van der Waals surface area contributed by atoms with Crippen molar-refractivity contribution in [3.05, 3.63) is 58.4 Å². The van der Waals surface area contributed by atoms with E-state index in [1.165, 1.54) is 0 Å². The predicted octanol–water partition coefficient (Wildman–Crippen LogP) is 3.28. The highest BCUT2D eigenvalue weighted by Gasteiger charge is 2.28. The Morgan fingerprint density at radius 1 is 1.32 bits per heavy atom. The van der Waals surface area contributed by atoms with E-state index in [1.54, 1.807) is 6.92 Å². The molecule has 0 saturated carbocycles. The van der Waals surface area contributed by atoms with Crippen molar-refractivity contribution in [2.24, 2.45) is 5.73 Å². The van der Waals surface area contributed by atoms with Crippen LogP contribution >= 0.6 is 11.8 Å². The lowest BCUT2D eigenvalue weighted by Gasteiger charge is -2.26. The molecule has 9 heteroatoms. The molecule has 0 radical (unpaired) electrons. The summed E-state index contributed by atoms with van der Waals surface area (Å²) in [6, 6.07) is 11.4. The van der Waals surface area contributed by atoms with Crippen molar-refractivity contribution in [2.45, 2.75) is 43.1 Å². The van der Waals surface area contributed by atoms with Crippen molar-refractivity contribution in [2.75, 3.05) is 37.6 Å². The van der Waals surface area contributed by atoms with E-state index >= 15 is 0 Å². The first-order valence-electron chi connectivity index (χ1n) is 11.4. The molecule has 0 spiro atoms. The number of pyridine rings is 1. The van der Waals surface area contributed by atoms with E-state index in [0.717, 1.165) is 36.8 Å². The number of β-amino-alcohol motifs (C(OH)–C–C–N with tert-alkyl or cyclic N) is 1. The number of primary amides is 1. The molecule has 2 heterocycles. The van der Waals surface area contributed by atoms with Crippen LogP contribution in [-0.4, -0.2) is 59.7 Å². The summed E-state index contributed by atoms with van der Waals surface area (Å²) in [7, 11) is 0. The zero-order valence-electron chi connectivity index (χ0n) is 19.6. The molecule has 2 aromatic rings. The molecular formula is C25H30N6O2S. The number of carbonyl (C=O) groups is 1. The number of aliphatic hydroxyl groups is 1. The van der Waals surface area contributed by atoms with Crippen LogP contribution in [0.5, 0.6) is 0 Å². The number of hydrogen-bond acceptors (Lipinski definition) is 7. The lowest BCUT2D eigenvalue weighted by molar-refractivity contribution is -0.117. The van der Waals surface area contributed by atoms with Gasteiger partial charge in [-0.15, -0.1) is 0 Å². The Bertz CT molecular complexity index is 1090. The highest BCUT2D eigenvalue weighted by Crippen LogP contribution is 2.42. The van der Waals surface area contributed by atoms with Crippen molar-refractivity contribution in [1.29, 1.82) is 5.26 Å². The SMILES string of the molecule is [C-]#[N+]c1c(N2CCCN(CC(C)O)CC2)nc(SC(C(N)=O)c2ccccc2)c(C#N)c1CC. The van der Waals surface area contributed by atoms with Crippen LogP contribution in [0.4, 0.5) is 11.5 Å². The van der Waals surface area contributed by atoms with E-state index in [4.69, 9.17) is 17.3 Å². The monoisotopic (exact) mass is 478 g/mol. The standard InChI is InChI=1S/C25H30N6O2S/c1-4-19-20(15-26)25(34-22(23(27)33)18-9-6-5-7-10-18)29-24(21(19)28-3)31-12-8-11-30(13-14-31)16-17(2)32/h5-7,9-10,17,22,32H,4,8,11-14,16H2,1-2H3,(H2,27,33). The Kier molecular flexibility index (Phi) is 8.89. The van der Waals surface area contributed by atoms with Crippen LogP contribution in [-0.2, 0) is 11.2 Å². The van der Waals surface area contributed by atoms with Crippen LogP contribution in [0.25, 0.3) is 4.85 Å². The highest BCUT2D eigenvalue weighted by molar-refractivity contribution is 8.00. The quantitative estimate of drug-likeness (QED) is 0.442. The van der Waals surface area contributed by atoms with Gasteiger partial charge >= 0.3 is 0 Å². The molecule has 1 aliphatic rings. The number of hydrogen-bond donors (Lipinski definition) is 2. The van der Waals surface area contributed by atoms with E-state index in [0.29, 0.717) is 53.7 Å². The number of thioether (sulfide) groups is 1. The van der Waals surface area contributed by atoms with Crippen LogP contribution in [0.15, 0.2) is 35.4 Å². The van der Waals surface area contributed by atoms with Crippen LogP contribution < -0.4 is 10.6 Å². The number of aromatic nitrogens is 1. The summed E-state index contributed by atoms with van der Waals surface area (Å²) in [5.74, 6) is 0.0304. The molecule has 8 nitrogen and oxygen atoms in total. The lowest BCUT2D eigenvalue weighted by Crippen LogP contribution is -2.35. The van der Waals surface area contributed by atoms with Gasteiger partial charge < -0.3 is 15.7 Å². The summed E-state index contributed by atoms with van der Waals surface area (Å²) in [5, 5.41) is 19.4. The zero-order valence-corrected chi connectivity index (χ0v) is 20.4. The number of nitriles is 1. The number of carbonyl (C=O) groups excluding carboxylic acids is 1. The van der Waals surface area contributed by atoms with Crippen LogP contribution in [0.1, 0.15) is 42.2 Å². The van der Waals surface area contributed by atoms with Crippen molar-refractivity contribution in [3.8, 4) is 6.07 Å². The Morgan fingerprint density at radius 2 is 2.06 bits per heavy atom. The maximum Gasteiger partial charge on any atom is 0.235 e. The number of aliphatic hydroxyl groups excluding tert-OH is 1. The maximum absolute atomic E-state index is 12.3. The van der Waals surface area contributed by atoms with Crippen molar-refractivity contribution in [1.82, 2.24) is 9.88 Å². The van der Waals surface area contributed by atoms with Crippen LogP contribution in [0, 0.1) is 17.9 Å². The number of anilines is 1. The van der Waals surface area contributed by atoms with Gasteiger partial charge in [-0.1, -0.05) is 49.0 Å². The average molecular weight is 479 g/mol. The van der Waals surface area contributed by atoms with Crippen molar-refractivity contribution >= 4 is 29.2 Å². The summed E-state index contributed by atoms with van der Waals surface area (Å²) in [5.41, 5.74) is 7.84. The Hall–Kier alpha value is -3.11. The van der Waals surface area contributed by atoms with Crippen molar-refractivity contribution < 1.29 is 9.90 Å². The van der Waals surface area contributed by atoms with Gasteiger partial charge in [0.2, 0.25) is 11.6 Å². The fourth-order valence-corrected chi connectivity index (χ4v) is 5.30. The van der Waals surface area contributed by atoms with Gasteiger partial charge in [-0.05, 0) is 37.4 Å². The minimum Gasteiger partial charge on any atom is -0.392 e. The first-order valence-corrected chi connectivity index (χ1v) is 12.3. The number of nitrogens with two attached hydrogens (primary N) is 1. The molecule has 0 bridgehead atoms. The molecular weight excluding hydrogens is 448 g/mol. The Morgan fingerprint density at radius 3 is 2.65 bits per heavy atom. The molecule has 1 aromatic carbocycles. The van der Waals surface area contributed by atoms with Gasteiger partial charge in [0.05, 0.1) is 18.2 Å². The van der Waals surface area contributed by atoms with E-state index in [1.807, 2.05) is 37.3 Å². The molecule has 0 aliphatic carbocycles. The first kappa shape index (κ1) is 25.5. The second-order valence-corrected chi connectivity index (χ2v) is 9.41. The topological polar surface area (TPSA) is 111 Å². The van der Waals surface area contributed by atoms with E-state index in [2.05, 4.69) is 20.7 Å².